The molecule has 2 aliphatic carbocycles. The number of pyridine rings is 1. The number of carbonyl (C=O) groups excluding carboxylic acids is 4. The molecule has 0 radical (unpaired) electrons. The van der Waals surface area contributed by atoms with Gasteiger partial charge < -0.3 is 23.8 Å². The second-order valence-electron chi connectivity index (χ2n) is 17.3. The van der Waals surface area contributed by atoms with Gasteiger partial charge in [-0.15, -0.1) is 0 Å². The number of ether oxygens (including phenoxy) is 2. The number of carbonyl (C=O) groups is 4. The second kappa shape index (κ2) is 14.8. The summed E-state index contributed by atoms with van der Waals surface area (Å²) < 4.78 is 14.3. The summed E-state index contributed by atoms with van der Waals surface area (Å²) >= 11 is 0. The Morgan fingerprint density at radius 2 is 1.64 bits per heavy atom. The molecule has 14 nitrogen and oxygen atoms in total. The summed E-state index contributed by atoms with van der Waals surface area (Å²) in [7, 11) is 4.36. The number of nitrogens with one attached hydrogen (secondary N) is 1. The molecule has 5 aromatic rings. The standard InChI is InChI=1S/C45H48N8O6/c1-50(29-17-32(18-29)59-44-47-22-28(23-48-44)27-6-8-33-36-24-46-13-12-37(36)51(2)39(33)16-27)30-20-45(21-30)25-52(26-45)14-4-3-5-15-58-31-7-9-34-35(19-31)43(57)53(42(34)56)38-10-11-40(54)49-41(38)55/h6-9,12-13,16,19,22-24,29-30,32,38H,3-5,10-11,14-15,17-18,20-21,25-26H2,1-2H3,(H,49,54,55)/t29-,32-,38?. The first-order valence-electron chi connectivity index (χ1n) is 20.9. The van der Waals surface area contributed by atoms with Crippen molar-refractivity contribution in [3.05, 3.63) is 78.4 Å². The number of fused-ring (bicyclic) bond motifs is 4. The number of aryl methyl sites for hydroxylation is 1. The lowest BCUT2D eigenvalue weighted by Crippen LogP contribution is -2.67. The van der Waals surface area contributed by atoms with Crippen LogP contribution in [-0.4, -0.2) is 115 Å². The molecule has 1 N–H and O–H groups in total. The Kier molecular flexibility index (Phi) is 9.43. The maximum Gasteiger partial charge on any atom is 0.316 e. The first-order chi connectivity index (χ1) is 28.6. The number of piperidine rings is 1. The average molecular weight is 797 g/mol. The van der Waals surface area contributed by atoms with E-state index in [-0.39, 0.29) is 30.1 Å². The summed E-state index contributed by atoms with van der Waals surface area (Å²) in [6, 6.07) is 14.0. The van der Waals surface area contributed by atoms with E-state index in [1.807, 2.05) is 30.9 Å². The number of hydrogen-bond donors (Lipinski definition) is 1. The molecular formula is C45H48N8O6. The van der Waals surface area contributed by atoms with Gasteiger partial charge in [0, 0.05) is 98.1 Å². The second-order valence-corrected chi connectivity index (χ2v) is 17.3. The van der Waals surface area contributed by atoms with Gasteiger partial charge in [-0.25, -0.2) is 9.97 Å². The SMILES string of the molecule is Cn1c2ccncc2c2ccc(-c3cnc(O[C@H]4C[C@H](N(C)C5CC6(C5)CN(CCCCCOc5ccc7c(c5)C(=O)N(C5CCC(=O)NC5=O)C7=O)C6)C4)nc3)cc21. The van der Waals surface area contributed by atoms with Crippen LogP contribution in [0.1, 0.15) is 78.5 Å². The van der Waals surface area contributed by atoms with E-state index < -0.39 is 29.7 Å². The van der Waals surface area contributed by atoms with Gasteiger partial charge in [0.2, 0.25) is 11.8 Å². The Bertz CT molecular complexity index is 2480. The van der Waals surface area contributed by atoms with Crippen molar-refractivity contribution in [3.8, 4) is 22.9 Å². The van der Waals surface area contributed by atoms with E-state index in [9.17, 15) is 19.2 Å². The molecule has 4 fully saturated rings. The van der Waals surface area contributed by atoms with Gasteiger partial charge >= 0.3 is 6.01 Å². The third kappa shape index (κ3) is 6.81. The molecule has 0 bridgehead atoms. The van der Waals surface area contributed by atoms with Crippen molar-refractivity contribution in [2.24, 2.45) is 12.5 Å². The minimum atomic E-state index is -0.976. The van der Waals surface area contributed by atoms with E-state index in [0.29, 0.717) is 35.9 Å². The molecule has 14 heteroatoms. The summed E-state index contributed by atoms with van der Waals surface area (Å²) in [5.74, 6) is -1.52. The van der Waals surface area contributed by atoms with Gasteiger partial charge in [0.1, 0.15) is 17.9 Å². The van der Waals surface area contributed by atoms with Gasteiger partial charge in [-0.3, -0.25) is 34.4 Å². The molecule has 10 rings (SSSR count). The highest BCUT2D eigenvalue weighted by Crippen LogP contribution is 2.51. The van der Waals surface area contributed by atoms with Crippen LogP contribution in [0.15, 0.2) is 67.3 Å². The summed E-state index contributed by atoms with van der Waals surface area (Å²) in [4.78, 5) is 69.5. The number of hydrogen-bond acceptors (Lipinski definition) is 11. The smallest absolute Gasteiger partial charge is 0.316 e. The molecular weight excluding hydrogens is 749 g/mol. The summed E-state index contributed by atoms with van der Waals surface area (Å²) in [6.45, 7) is 3.98. The van der Waals surface area contributed by atoms with Crippen LogP contribution in [0.2, 0.25) is 0 Å². The number of rotatable bonds is 13. The van der Waals surface area contributed by atoms with E-state index in [1.54, 1.807) is 18.2 Å². The molecule has 2 saturated heterocycles. The minimum Gasteiger partial charge on any atom is -0.494 e. The first kappa shape index (κ1) is 37.5. The van der Waals surface area contributed by atoms with Crippen molar-refractivity contribution in [2.75, 3.05) is 33.3 Å². The Morgan fingerprint density at radius 3 is 2.44 bits per heavy atom. The zero-order chi connectivity index (χ0) is 40.4. The molecule has 2 saturated carbocycles. The Hall–Kier alpha value is -5.73. The molecule has 3 aliphatic heterocycles. The van der Waals surface area contributed by atoms with Crippen LogP contribution >= 0.6 is 0 Å². The lowest BCUT2D eigenvalue weighted by atomic mass is 9.59. The van der Waals surface area contributed by atoms with Crippen molar-refractivity contribution in [1.82, 2.24) is 39.5 Å². The van der Waals surface area contributed by atoms with Gasteiger partial charge in [-0.05, 0) is 93.4 Å². The highest BCUT2D eigenvalue weighted by molar-refractivity contribution is 6.23. The fourth-order valence-electron chi connectivity index (χ4n) is 10.1. The average Bonchev–Trinajstić information content (AvgIpc) is 3.62. The number of benzene rings is 2. The topological polar surface area (TPSA) is 152 Å². The van der Waals surface area contributed by atoms with Gasteiger partial charge in [0.05, 0.1) is 23.3 Å². The van der Waals surface area contributed by atoms with E-state index >= 15 is 0 Å². The predicted octanol–water partition coefficient (Wildman–Crippen LogP) is 5.14. The van der Waals surface area contributed by atoms with Gasteiger partial charge in [0.25, 0.3) is 11.8 Å². The lowest BCUT2D eigenvalue weighted by Gasteiger charge is -2.62. The Labute approximate surface area is 341 Å². The van der Waals surface area contributed by atoms with Crippen LogP contribution in [0.4, 0.5) is 0 Å². The highest BCUT2D eigenvalue weighted by atomic mass is 16.5. The van der Waals surface area contributed by atoms with E-state index in [1.165, 1.54) is 31.3 Å². The lowest BCUT2D eigenvalue weighted by molar-refractivity contribution is -0.136. The predicted molar refractivity (Wildman–Crippen MR) is 219 cm³/mol. The number of unbranched alkanes of at least 4 members (excludes halogenated alkanes) is 2. The van der Waals surface area contributed by atoms with Crippen LogP contribution < -0.4 is 14.8 Å². The van der Waals surface area contributed by atoms with Gasteiger partial charge in [-0.2, -0.15) is 0 Å². The Morgan fingerprint density at radius 1 is 0.847 bits per heavy atom. The summed E-state index contributed by atoms with van der Waals surface area (Å²) in [5, 5.41) is 4.56. The summed E-state index contributed by atoms with van der Waals surface area (Å²) in [6.07, 6.45) is 15.4. The number of imide groups is 2. The third-order valence-corrected chi connectivity index (χ3v) is 13.5. The van der Waals surface area contributed by atoms with Crippen molar-refractivity contribution in [1.29, 1.82) is 0 Å². The largest absolute Gasteiger partial charge is 0.494 e. The maximum absolute atomic E-state index is 13.1. The normalized spacial score (nSPS) is 22.8. The first-order valence-corrected chi connectivity index (χ1v) is 20.9. The summed E-state index contributed by atoms with van der Waals surface area (Å²) in [5.41, 5.74) is 5.31. The zero-order valence-electron chi connectivity index (χ0n) is 33.4. The molecule has 304 valence electrons. The number of aromatic nitrogens is 4. The van der Waals surface area contributed by atoms with Crippen LogP contribution in [-0.2, 0) is 16.6 Å². The number of amides is 4. The molecule has 6 heterocycles. The Balaban J connectivity index is 0.608. The molecule has 3 aromatic heterocycles. The number of nitrogens with zero attached hydrogens (tertiary/aromatic N) is 7. The van der Waals surface area contributed by atoms with Gasteiger partial charge in [-0.1, -0.05) is 12.1 Å². The zero-order valence-corrected chi connectivity index (χ0v) is 33.4. The molecule has 1 unspecified atom stereocenters. The van der Waals surface area contributed by atoms with Crippen molar-refractivity contribution in [2.45, 2.75) is 82.0 Å². The van der Waals surface area contributed by atoms with E-state index in [0.717, 1.165) is 71.1 Å². The fourth-order valence-corrected chi connectivity index (χ4v) is 10.1. The molecule has 5 aliphatic rings. The van der Waals surface area contributed by atoms with Crippen LogP contribution in [0.25, 0.3) is 32.9 Å². The minimum absolute atomic E-state index is 0.0910. The molecule has 4 amide bonds. The molecule has 1 atom stereocenters. The quantitative estimate of drug-likeness (QED) is 0.125. The van der Waals surface area contributed by atoms with Crippen molar-refractivity contribution in [3.63, 3.8) is 0 Å². The van der Waals surface area contributed by atoms with Gasteiger partial charge in [0.15, 0.2) is 0 Å². The molecule has 2 aromatic carbocycles. The van der Waals surface area contributed by atoms with Crippen LogP contribution in [0, 0.1) is 5.41 Å². The van der Waals surface area contributed by atoms with Crippen molar-refractivity contribution < 1.29 is 28.7 Å². The molecule has 59 heavy (non-hydrogen) atoms. The third-order valence-electron chi connectivity index (χ3n) is 13.5. The highest BCUT2D eigenvalue weighted by Gasteiger charge is 2.54. The monoisotopic (exact) mass is 796 g/mol. The van der Waals surface area contributed by atoms with E-state index in [4.69, 9.17) is 9.47 Å². The van der Waals surface area contributed by atoms with Crippen LogP contribution in [0.3, 0.4) is 0 Å². The van der Waals surface area contributed by atoms with E-state index in [2.05, 4.69) is 66.9 Å². The molecule has 1 spiro atoms. The van der Waals surface area contributed by atoms with Crippen LogP contribution in [0.5, 0.6) is 11.8 Å². The fraction of sp³-hybridized carbons (Fsp3) is 0.444. The van der Waals surface area contributed by atoms with Crippen molar-refractivity contribution >= 4 is 45.4 Å². The number of likely N-dealkylation sites (tertiary alicyclic amines) is 1. The maximum atomic E-state index is 13.1.